The van der Waals surface area contributed by atoms with Gasteiger partial charge in [-0.3, -0.25) is 0 Å². The molecule has 0 radical (unpaired) electrons. The molecule has 1 aliphatic carbocycles. The van der Waals surface area contributed by atoms with E-state index in [1.165, 1.54) is 30.4 Å². The van der Waals surface area contributed by atoms with Crippen molar-refractivity contribution in [3.63, 3.8) is 0 Å². The molecule has 1 aromatic carbocycles. The molecule has 1 aromatic rings. The number of methoxy groups -OCH3 is 1. The highest BCUT2D eigenvalue weighted by Crippen LogP contribution is 2.35. The number of aliphatic hydroxyl groups is 1. The monoisotopic (exact) mass is 277 g/mol. The molecule has 20 heavy (non-hydrogen) atoms. The van der Waals surface area contributed by atoms with Crippen molar-refractivity contribution in [1.82, 2.24) is 5.32 Å². The van der Waals surface area contributed by atoms with Crippen LogP contribution in [0.2, 0.25) is 0 Å². The first-order valence-corrected chi connectivity index (χ1v) is 7.66. The van der Waals surface area contributed by atoms with Crippen LogP contribution < -0.4 is 5.32 Å². The average Bonchev–Trinajstić information content (AvgIpc) is 2.49. The summed E-state index contributed by atoms with van der Waals surface area (Å²) >= 11 is 0. The Bertz CT molecular complexity index is 400. The maximum absolute atomic E-state index is 9.70. The predicted molar refractivity (Wildman–Crippen MR) is 81.5 cm³/mol. The van der Waals surface area contributed by atoms with Gasteiger partial charge in [0.05, 0.1) is 6.61 Å². The van der Waals surface area contributed by atoms with Crippen molar-refractivity contribution in [3.8, 4) is 0 Å². The number of benzene rings is 1. The van der Waals surface area contributed by atoms with Crippen LogP contribution in [-0.4, -0.2) is 25.4 Å². The first kappa shape index (κ1) is 15.5. The number of ether oxygens (including phenoxy) is 1. The summed E-state index contributed by atoms with van der Waals surface area (Å²) in [6, 6.07) is 8.48. The Labute approximate surface area is 122 Å². The third-order valence-corrected chi connectivity index (χ3v) is 4.38. The van der Waals surface area contributed by atoms with Gasteiger partial charge in [-0.15, -0.1) is 0 Å². The smallest absolute Gasteiger partial charge is 0.0713 e. The second kappa shape index (κ2) is 7.77. The standard InChI is InChI=1S/C17H27NO2/c1-20-12-16-7-5-6-15(10-16)11-18-13-17(14-19)8-3-2-4-9-17/h5-7,10,18-19H,2-4,8-9,11-14H2,1H3. The zero-order valence-corrected chi connectivity index (χ0v) is 12.5. The summed E-state index contributed by atoms with van der Waals surface area (Å²) < 4.78 is 5.16. The maximum Gasteiger partial charge on any atom is 0.0713 e. The van der Waals surface area contributed by atoms with E-state index in [4.69, 9.17) is 4.74 Å². The summed E-state index contributed by atoms with van der Waals surface area (Å²) in [6.45, 7) is 2.75. The number of hydrogen-bond acceptors (Lipinski definition) is 3. The van der Waals surface area contributed by atoms with Gasteiger partial charge in [0.15, 0.2) is 0 Å². The predicted octanol–water partition coefficient (Wildman–Crippen LogP) is 2.87. The van der Waals surface area contributed by atoms with Crippen LogP contribution in [0.1, 0.15) is 43.2 Å². The van der Waals surface area contributed by atoms with Crippen LogP contribution in [0.15, 0.2) is 24.3 Å². The van der Waals surface area contributed by atoms with Crippen LogP contribution in [-0.2, 0) is 17.9 Å². The molecule has 0 bridgehead atoms. The quantitative estimate of drug-likeness (QED) is 0.805. The molecule has 0 atom stereocenters. The van der Waals surface area contributed by atoms with Gasteiger partial charge in [0.2, 0.25) is 0 Å². The fourth-order valence-electron chi connectivity index (χ4n) is 3.16. The van der Waals surface area contributed by atoms with E-state index in [0.717, 1.165) is 25.9 Å². The number of rotatable bonds is 7. The van der Waals surface area contributed by atoms with Crippen LogP contribution in [0.5, 0.6) is 0 Å². The van der Waals surface area contributed by atoms with Crippen LogP contribution in [0.25, 0.3) is 0 Å². The van der Waals surface area contributed by atoms with Crippen molar-refractivity contribution < 1.29 is 9.84 Å². The Balaban J connectivity index is 1.83. The maximum atomic E-state index is 9.70. The van der Waals surface area contributed by atoms with Crippen LogP contribution in [0, 0.1) is 5.41 Å². The fourth-order valence-corrected chi connectivity index (χ4v) is 3.16. The minimum Gasteiger partial charge on any atom is -0.396 e. The molecular weight excluding hydrogens is 250 g/mol. The van der Waals surface area contributed by atoms with E-state index in [2.05, 4.69) is 29.6 Å². The molecule has 2 rings (SSSR count). The van der Waals surface area contributed by atoms with Crippen molar-refractivity contribution in [2.24, 2.45) is 5.41 Å². The average molecular weight is 277 g/mol. The second-order valence-corrected chi connectivity index (χ2v) is 6.08. The molecule has 3 nitrogen and oxygen atoms in total. The summed E-state index contributed by atoms with van der Waals surface area (Å²) in [5, 5.41) is 13.2. The van der Waals surface area contributed by atoms with E-state index in [0.29, 0.717) is 13.2 Å². The molecule has 0 saturated heterocycles. The van der Waals surface area contributed by atoms with E-state index in [-0.39, 0.29) is 5.41 Å². The highest BCUT2D eigenvalue weighted by atomic mass is 16.5. The summed E-state index contributed by atoms with van der Waals surface area (Å²) in [5.41, 5.74) is 2.60. The minimum atomic E-state index is 0.113. The van der Waals surface area contributed by atoms with Crippen molar-refractivity contribution in [3.05, 3.63) is 35.4 Å². The van der Waals surface area contributed by atoms with Gasteiger partial charge in [0.1, 0.15) is 0 Å². The summed E-state index contributed by atoms with van der Waals surface area (Å²) in [5.74, 6) is 0. The van der Waals surface area contributed by atoms with Crippen LogP contribution >= 0.6 is 0 Å². The third-order valence-electron chi connectivity index (χ3n) is 4.38. The Morgan fingerprint density at radius 3 is 2.65 bits per heavy atom. The van der Waals surface area contributed by atoms with Gasteiger partial charge < -0.3 is 15.2 Å². The molecule has 0 aromatic heterocycles. The molecule has 1 aliphatic rings. The van der Waals surface area contributed by atoms with E-state index < -0.39 is 0 Å². The van der Waals surface area contributed by atoms with E-state index >= 15 is 0 Å². The molecule has 1 saturated carbocycles. The first-order chi connectivity index (χ1) is 9.78. The molecular formula is C17H27NO2. The zero-order chi connectivity index (χ0) is 14.3. The lowest BCUT2D eigenvalue weighted by Gasteiger charge is -2.35. The van der Waals surface area contributed by atoms with Gasteiger partial charge in [0, 0.05) is 32.2 Å². The third kappa shape index (κ3) is 4.30. The lowest BCUT2D eigenvalue weighted by molar-refractivity contribution is 0.0810. The number of hydrogen-bond donors (Lipinski definition) is 2. The SMILES string of the molecule is COCc1cccc(CNCC2(CO)CCCCC2)c1. The lowest BCUT2D eigenvalue weighted by Crippen LogP contribution is -2.38. The molecule has 0 spiro atoms. The van der Waals surface area contributed by atoms with Crippen molar-refractivity contribution in [1.29, 1.82) is 0 Å². The molecule has 1 fully saturated rings. The Morgan fingerprint density at radius 1 is 1.20 bits per heavy atom. The minimum absolute atomic E-state index is 0.113. The Kier molecular flexibility index (Phi) is 6.02. The molecule has 0 unspecified atom stereocenters. The molecule has 0 aliphatic heterocycles. The van der Waals surface area contributed by atoms with E-state index in [9.17, 15) is 5.11 Å². The summed E-state index contributed by atoms with van der Waals surface area (Å²) in [4.78, 5) is 0. The van der Waals surface area contributed by atoms with Crippen molar-refractivity contribution >= 4 is 0 Å². The highest BCUT2D eigenvalue weighted by molar-refractivity contribution is 5.22. The van der Waals surface area contributed by atoms with Gasteiger partial charge in [-0.25, -0.2) is 0 Å². The van der Waals surface area contributed by atoms with Gasteiger partial charge in [-0.05, 0) is 24.0 Å². The van der Waals surface area contributed by atoms with Gasteiger partial charge in [0.25, 0.3) is 0 Å². The van der Waals surface area contributed by atoms with E-state index in [1.54, 1.807) is 7.11 Å². The largest absolute Gasteiger partial charge is 0.396 e. The molecule has 112 valence electrons. The Hall–Kier alpha value is -0.900. The molecule has 0 amide bonds. The van der Waals surface area contributed by atoms with Crippen LogP contribution in [0.3, 0.4) is 0 Å². The van der Waals surface area contributed by atoms with Crippen molar-refractivity contribution in [2.75, 3.05) is 20.3 Å². The summed E-state index contributed by atoms with van der Waals surface area (Å²) in [6.07, 6.45) is 6.14. The zero-order valence-electron chi connectivity index (χ0n) is 12.5. The number of aliphatic hydroxyl groups excluding tert-OH is 1. The molecule has 0 heterocycles. The first-order valence-electron chi connectivity index (χ1n) is 7.66. The van der Waals surface area contributed by atoms with Gasteiger partial charge in [-0.2, -0.15) is 0 Å². The molecule has 3 heteroatoms. The normalized spacial score (nSPS) is 18.1. The number of nitrogens with one attached hydrogen (secondary N) is 1. The van der Waals surface area contributed by atoms with Crippen LogP contribution in [0.4, 0.5) is 0 Å². The second-order valence-electron chi connectivity index (χ2n) is 6.08. The summed E-state index contributed by atoms with van der Waals surface area (Å²) in [7, 11) is 1.72. The van der Waals surface area contributed by atoms with Gasteiger partial charge >= 0.3 is 0 Å². The lowest BCUT2D eigenvalue weighted by atomic mass is 9.74. The van der Waals surface area contributed by atoms with Crippen molar-refractivity contribution in [2.45, 2.75) is 45.3 Å². The molecule has 2 N–H and O–H groups in total. The van der Waals surface area contributed by atoms with E-state index in [1.807, 2.05) is 0 Å². The highest BCUT2D eigenvalue weighted by Gasteiger charge is 2.30. The fraction of sp³-hybridized carbons (Fsp3) is 0.647. The van der Waals surface area contributed by atoms with Gasteiger partial charge in [-0.1, -0.05) is 43.5 Å². The topological polar surface area (TPSA) is 41.5 Å². The Morgan fingerprint density at radius 2 is 1.95 bits per heavy atom.